The maximum atomic E-state index is 4.81. The van der Waals surface area contributed by atoms with E-state index in [1.54, 1.807) is 0 Å². The van der Waals surface area contributed by atoms with Crippen LogP contribution in [0.1, 0.15) is 22.8 Å². The molecule has 0 N–H and O–H groups in total. The molecular formula is C12H18N4. The van der Waals surface area contributed by atoms with Crippen LogP contribution in [0, 0.1) is 0 Å². The second-order valence-electron chi connectivity index (χ2n) is 4.99. The Morgan fingerprint density at radius 1 is 0.750 bits per heavy atom. The highest BCUT2D eigenvalue weighted by molar-refractivity contribution is 5.24. The average Bonchev–Trinajstić information content (AvgIpc) is 2.26. The van der Waals surface area contributed by atoms with Crippen molar-refractivity contribution in [1.82, 2.24) is 19.8 Å². The number of aromatic nitrogens is 2. The molecule has 0 radical (unpaired) electrons. The Labute approximate surface area is 96.3 Å². The molecule has 0 aliphatic carbocycles. The quantitative estimate of drug-likeness (QED) is 0.633. The van der Waals surface area contributed by atoms with Gasteiger partial charge in [-0.05, 0) is 14.1 Å². The van der Waals surface area contributed by atoms with Crippen LogP contribution in [0.3, 0.4) is 0 Å². The van der Waals surface area contributed by atoms with E-state index in [0.717, 1.165) is 39.0 Å². The van der Waals surface area contributed by atoms with Crippen molar-refractivity contribution in [3.63, 3.8) is 0 Å². The van der Waals surface area contributed by atoms with Gasteiger partial charge in [0.05, 0.1) is 22.8 Å². The normalized spacial score (nSPS) is 21.6. The summed E-state index contributed by atoms with van der Waals surface area (Å²) in [7, 11) is 4.30. The molecule has 3 heterocycles. The van der Waals surface area contributed by atoms with Crippen molar-refractivity contribution < 1.29 is 0 Å². The Balaban J connectivity index is 1.99. The van der Waals surface area contributed by atoms with Gasteiger partial charge >= 0.3 is 0 Å². The maximum Gasteiger partial charge on any atom is 0.0763 e. The Hall–Kier alpha value is -1.00. The van der Waals surface area contributed by atoms with Crippen molar-refractivity contribution in [1.29, 1.82) is 0 Å². The van der Waals surface area contributed by atoms with Gasteiger partial charge in [0.1, 0.15) is 0 Å². The minimum absolute atomic E-state index is 0.958. The summed E-state index contributed by atoms with van der Waals surface area (Å²) in [5, 5.41) is 0. The lowest BCUT2D eigenvalue weighted by molar-refractivity contribution is 0.286. The monoisotopic (exact) mass is 218 g/mol. The summed E-state index contributed by atoms with van der Waals surface area (Å²) in [4.78, 5) is 14.2. The molecule has 0 saturated carbocycles. The molecule has 0 amide bonds. The van der Waals surface area contributed by atoms with Crippen LogP contribution in [-0.2, 0) is 25.9 Å². The lowest BCUT2D eigenvalue weighted by Gasteiger charge is -2.28. The van der Waals surface area contributed by atoms with Crippen LogP contribution >= 0.6 is 0 Å². The number of likely N-dealkylation sites (N-methyl/N-ethyl adjacent to an activating group) is 2. The number of fused-ring (bicyclic) bond motifs is 2. The number of rotatable bonds is 0. The van der Waals surface area contributed by atoms with Gasteiger partial charge in [-0.25, -0.2) is 0 Å². The van der Waals surface area contributed by atoms with E-state index in [4.69, 9.17) is 9.97 Å². The molecule has 0 atom stereocenters. The van der Waals surface area contributed by atoms with Crippen LogP contribution in [0.4, 0.5) is 0 Å². The minimum atomic E-state index is 0.958. The fourth-order valence-corrected chi connectivity index (χ4v) is 2.50. The van der Waals surface area contributed by atoms with Gasteiger partial charge in [-0.15, -0.1) is 0 Å². The van der Waals surface area contributed by atoms with E-state index < -0.39 is 0 Å². The predicted molar refractivity (Wildman–Crippen MR) is 62.1 cm³/mol. The van der Waals surface area contributed by atoms with Gasteiger partial charge in [0.15, 0.2) is 0 Å². The molecule has 3 rings (SSSR count). The van der Waals surface area contributed by atoms with E-state index >= 15 is 0 Å². The standard InChI is InChI=1S/C12H18N4/c1-15-5-3-9-11(7-15)14-12-8-16(2)6-4-10(12)13-9/h3-8H2,1-2H3. The second kappa shape index (κ2) is 3.79. The SMILES string of the molecule is CN1CCc2nc3c(nc2C1)CN(C)CC3. The van der Waals surface area contributed by atoms with Crippen LogP contribution in [0.25, 0.3) is 0 Å². The van der Waals surface area contributed by atoms with Crippen LogP contribution in [-0.4, -0.2) is 47.0 Å². The maximum absolute atomic E-state index is 4.81. The Bertz CT molecular complexity index is 380. The summed E-state index contributed by atoms with van der Waals surface area (Å²) in [6, 6.07) is 0. The third kappa shape index (κ3) is 1.72. The Morgan fingerprint density at radius 3 is 1.69 bits per heavy atom. The first-order valence-electron chi connectivity index (χ1n) is 5.97. The lowest BCUT2D eigenvalue weighted by Crippen LogP contribution is -2.33. The number of hydrogen-bond donors (Lipinski definition) is 0. The summed E-state index contributed by atoms with van der Waals surface area (Å²) in [6.07, 6.45) is 2.11. The first-order chi connectivity index (χ1) is 7.72. The zero-order valence-corrected chi connectivity index (χ0v) is 10.0. The molecule has 4 heteroatoms. The molecular weight excluding hydrogens is 200 g/mol. The second-order valence-corrected chi connectivity index (χ2v) is 4.99. The summed E-state index contributed by atoms with van der Waals surface area (Å²) in [5.41, 5.74) is 4.87. The van der Waals surface area contributed by atoms with Gasteiger partial charge in [-0.3, -0.25) is 9.97 Å². The van der Waals surface area contributed by atoms with Crippen molar-refractivity contribution >= 4 is 0 Å². The Morgan fingerprint density at radius 2 is 1.19 bits per heavy atom. The van der Waals surface area contributed by atoms with Gasteiger partial charge < -0.3 is 9.80 Å². The molecule has 2 aliphatic rings. The first-order valence-corrected chi connectivity index (χ1v) is 5.97. The van der Waals surface area contributed by atoms with Gasteiger partial charge in [0.25, 0.3) is 0 Å². The molecule has 1 aromatic heterocycles. The van der Waals surface area contributed by atoms with E-state index in [9.17, 15) is 0 Å². The smallest absolute Gasteiger partial charge is 0.0763 e. The van der Waals surface area contributed by atoms with Crippen molar-refractivity contribution in [2.75, 3.05) is 27.2 Å². The third-order valence-corrected chi connectivity index (χ3v) is 3.51. The van der Waals surface area contributed by atoms with Crippen LogP contribution in [0.5, 0.6) is 0 Å². The molecule has 0 fully saturated rings. The van der Waals surface area contributed by atoms with Crippen molar-refractivity contribution in [3.05, 3.63) is 22.8 Å². The number of nitrogens with zero attached hydrogens (tertiary/aromatic N) is 4. The van der Waals surface area contributed by atoms with E-state index in [2.05, 4.69) is 23.9 Å². The largest absolute Gasteiger partial charge is 0.300 e. The van der Waals surface area contributed by atoms with Crippen molar-refractivity contribution in [2.24, 2.45) is 0 Å². The van der Waals surface area contributed by atoms with Gasteiger partial charge in [-0.2, -0.15) is 0 Å². The predicted octanol–water partition coefficient (Wildman–Crippen LogP) is 0.452. The zero-order chi connectivity index (χ0) is 11.1. The molecule has 0 spiro atoms. The van der Waals surface area contributed by atoms with Gasteiger partial charge in [-0.1, -0.05) is 0 Å². The molecule has 1 aromatic rings. The molecule has 0 unspecified atom stereocenters. The summed E-state index contributed by atoms with van der Waals surface area (Å²) < 4.78 is 0. The van der Waals surface area contributed by atoms with Crippen LogP contribution in [0.15, 0.2) is 0 Å². The lowest BCUT2D eigenvalue weighted by atomic mass is 10.1. The molecule has 16 heavy (non-hydrogen) atoms. The zero-order valence-electron chi connectivity index (χ0n) is 10.0. The van der Waals surface area contributed by atoms with Crippen LogP contribution in [0.2, 0.25) is 0 Å². The van der Waals surface area contributed by atoms with Crippen molar-refractivity contribution in [2.45, 2.75) is 25.9 Å². The van der Waals surface area contributed by atoms with Crippen LogP contribution < -0.4 is 0 Å². The van der Waals surface area contributed by atoms with Gasteiger partial charge in [0.2, 0.25) is 0 Å². The molecule has 0 aromatic carbocycles. The van der Waals surface area contributed by atoms with E-state index in [0.29, 0.717) is 0 Å². The van der Waals surface area contributed by atoms with Crippen molar-refractivity contribution in [3.8, 4) is 0 Å². The molecule has 2 aliphatic heterocycles. The van der Waals surface area contributed by atoms with E-state index in [-0.39, 0.29) is 0 Å². The molecule has 0 bridgehead atoms. The summed E-state index contributed by atoms with van der Waals surface area (Å²) in [6.45, 7) is 4.14. The third-order valence-electron chi connectivity index (χ3n) is 3.51. The Kier molecular flexibility index (Phi) is 2.41. The van der Waals surface area contributed by atoms with E-state index in [1.165, 1.54) is 22.8 Å². The summed E-state index contributed by atoms with van der Waals surface area (Å²) >= 11 is 0. The fourth-order valence-electron chi connectivity index (χ4n) is 2.50. The minimum Gasteiger partial charge on any atom is -0.300 e. The highest BCUT2D eigenvalue weighted by atomic mass is 15.1. The average molecular weight is 218 g/mol. The summed E-state index contributed by atoms with van der Waals surface area (Å²) in [5.74, 6) is 0. The van der Waals surface area contributed by atoms with Gasteiger partial charge in [0, 0.05) is 39.0 Å². The molecule has 0 saturated heterocycles. The highest BCUT2D eigenvalue weighted by Gasteiger charge is 2.22. The fraction of sp³-hybridized carbons (Fsp3) is 0.667. The number of hydrogen-bond acceptors (Lipinski definition) is 4. The highest BCUT2D eigenvalue weighted by Crippen LogP contribution is 2.20. The molecule has 4 nitrogen and oxygen atoms in total. The molecule has 86 valence electrons. The van der Waals surface area contributed by atoms with E-state index in [1.807, 2.05) is 0 Å². The topological polar surface area (TPSA) is 32.3 Å². The first kappa shape index (κ1) is 10.2.